The van der Waals surface area contributed by atoms with Gasteiger partial charge in [-0.3, -0.25) is 9.36 Å². The maximum Gasteiger partial charge on any atom is 0.352 e. The first-order valence-electron chi connectivity index (χ1n) is 6.97. The molecule has 0 aliphatic heterocycles. The molecule has 108 valence electrons. The molecule has 0 saturated heterocycles. The van der Waals surface area contributed by atoms with Gasteiger partial charge in [0.1, 0.15) is 0 Å². The van der Waals surface area contributed by atoms with Crippen LogP contribution in [0.15, 0.2) is 52.1 Å². The summed E-state index contributed by atoms with van der Waals surface area (Å²) in [5, 5.41) is 3.35. The third kappa shape index (κ3) is 1.50. The predicted octanol–water partition coefficient (Wildman–Crippen LogP) is 1.94. The minimum Gasteiger partial charge on any atom is -0.328 e. The molecule has 0 atom stereocenters. The molecule has 5 nitrogen and oxygen atoms in total. The Morgan fingerprint density at radius 2 is 1.59 bits per heavy atom. The highest BCUT2D eigenvalue weighted by Crippen LogP contribution is 2.29. The van der Waals surface area contributed by atoms with Gasteiger partial charge in [-0.1, -0.05) is 36.4 Å². The summed E-state index contributed by atoms with van der Waals surface area (Å²) in [6, 6.07) is 13.8. The van der Waals surface area contributed by atoms with E-state index < -0.39 is 5.69 Å². The lowest BCUT2D eigenvalue weighted by Gasteiger charge is -1.97. The number of fused-ring (bicyclic) bond motifs is 5. The Balaban J connectivity index is 2.50. The van der Waals surface area contributed by atoms with Crippen molar-refractivity contribution in [2.24, 2.45) is 14.1 Å². The first-order chi connectivity index (χ1) is 10.6. The Hall–Kier alpha value is -2.95. The van der Waals surface area contributed by atoms with Crippen LogP contribution in [0.25, 0.3) is 32.7 Å². The maximum atomic E-state index is 12.6. The van der Waals surface area contributed by atoms with Gasteiger partial charge < -0.3 is 4.57 Å². The lowest BCUT2D eigenvalue weighted by molar-refractivity contribution is 0.786. The van der Waals surface area contributed by atoms with E-state index in [0.717, 1.165) is 26.2 Å². The number of rotatable bonds is 0. The third-order valence-corrected chi connectivity index (χ3v) is 4.18. The largest absolute Gasteiger partial charge is 0.352 e. The molecule has 4 rings (SSSR count). The number of hydrogen-bond acceptors (Lipinski definition) is 3. The first kappa shape index (κ1) is 12.8. The molecular weight excluding hydrogens is 278 g/mol. The number of hydrogen-bond donors (Lipinski definition) is 0. The topological polar surface area (TPSA) is 56.9 Å². The van der Waals surface area contributed by atoms with E-state index >= 15 is 0 Å². The van der Waals surface area contributed by atoms with E-state index in [-0.39, 0.29) is 5.56 Å². The molecule has 5 heteroatoms. The smallest absolute Gasteiger partial charge is 0.328 e. The Bertz CT molecular complexity index is 1190. The molecule has 0 unspecified atom stereocenters. The molecule has 0 N–H and O–H groups in total. The van der Waals surface area contributed by atoms with Gasteiger partial charge in [0, 0.05) is 19.5 Å². The number of benzene rings is 1. The van der Waals surface area contributed by atoms with Crippen molar-refractivity contribution in [2.75, 3.05) is 0 Å². The molecule has 2 aromatic carbocycles. The van der Waals surface area contributed by atoms with Crippen LogP contribution < -0.4 is 11.2 Å². The van der Waals surface area contributed by atoms with Crippen LogP contribution in [0.1, 0.15) is 0 Å². The van der Waals surface area contributed by atoms with Crippen LogP contribution in [-0.2, 0) is 14.1 Å². The second kappa shape index (κ2) is 4.27. The fourth-order valence-electron chi connectivity index (χ4n) is 3.02. The third-order valence-electron chi connectivity index (χ3n) is 4.18. The van der Waals surface area contributed by atoms with Crippen molar-refractivity contribution in [1.82, 2.24) is 14.1 Å². The van der Waals surface area contributed by atoms with Crippen molar-refractivity contribution < 1.29 is 0 Å². The van der Waals surface area contributed by atoms with Crippen molar-refractivity contribution in [1.29, 1.82) is 0 Å². The Morgan fingerprint density at radius 1 is 0.864 bits per heavy atom. The van der Waals surface area contributed by atoms with E-state index in [1.54, 1.807) is 4.57 Å². The molecule has 0 fully saturated rings. The molecule has 4 aromatic rings. The summed E-state index contributed by atoms with van der Waals surface area (Å²) in [7, 11) is 3.28. The SMILES string of the molecule is Cn1c(=O)nc2c(c1=O)c1c3ccccc3cccc1n2C. The lowest BCUT2D eigenvalue weighted by Crippen LogP contribution is -2.32. The minimum absolute atomic E-state index is 0.308. The monoisotopic (exact) mass is 291 g/mol. The van der Waals surface area contributed by atoms with Crippen LogP contribution in [0.2, 0.25) is 0 Å². The van der Waals surface area contributed by atoms with E-state index in [9.17, 15) is 9.59 Å². The van der Waals surface area contributed by atoms with Crippen molar-refractivity contribution in [2.45, 2.75) is 0 Å². The van der Waals surface area contributed by atoms with E-state index in [1.807, 2.05) is 49.5 Å². The van der Waals surface area contributed by atoms with Gasteiger partial charge in [0.25, 0.3) is 5.56 Å². The molecule has 0 bridgehead atoms. The average Bonchev–Trinajstić information content (AvgIpc) is 2.69. The fourth-order valence-corrected chi connectivity index (χ4v) is 3.02. The second-order valence-electron chi connectivity index (χ2n) is 5.39. The highest BCUT2D eigenvalue weighted by atomic mass is 16.2. The Labute approximate surface area is 125 Å². The van der Waals surface area contributed by atoms with E-state index in [2.05, 4.69) is 4.98 Å². The zero-order chi connectivity index (χ0) is 15.4. The summed E-state index contributed by atoms with van der Waals surface area (Å²) < 4.78 is 2.86. The fraction of sp³-hybridized carbons (Fsp3) is 0.118. The van der Waals surface area contributed by atoms with Gasteiger partial charge in [-0.2, -0.15) is 4.98 Å². The highest BCUT2D eigenvalue weighted by molar-refractivity contribution is 6.18. The molecule has 0 saturated carbocycles. The first-order valence-corrected chi connectivity index (χ1v) is 6.97. The van der Waals surface area contributed by atoms with E-state index in [0.29, 0.717) is 11.0 Å². The standard InChI is InChI=1S/C17H13N3O2/c1-19-12-9-5-7-10-6-3-4-8-11(10)13(12)14-15(19)18-17(22)20(2)16(14)21/h3-9H,1-2H3. The van der Waals surface area contributed by atoms with Crippen molar-refractivity contribution in [3.8, 4) is 0 Å². The molecular formula is C17H13N3O2. The summed E-state index contributed by atoms with van der Waals surface area (Å²) >= 11 is 0. The van der Waals surface area contributed by atoms with Gasteiger partial charge in [0.15, 0.2) is 5.65 Å². The molecule has 2 aromatic heterocycles. The van der Waals surface area contributed by atoms with Gasteiger partial charge in [-0.05, 0) is 16.8 Å². The molecule has 0 amide bonds. The maximum absolute atomic E-state index is 12.6. The highest BCUT2D eigenvalue weighted by Gasteiger charge is 2.16. The quantitative estimate of drug-likeness (QED) is 0.497. The Morgan fingerprint density at radius 3 is 2.41 bits per heavy atom. The zero-order valence-corrected chi connectivity index (χ0v) is 12.2. The van der Waals surface area contributed by atoms with Crippen LogP contribution in [0.3, 0.4) is 0 Å². The van der Waals surface area contributed by atoms with Gasteiger partial charge in [-0.25, -0.2) is 4.79 Å². The normalized spacial score (nSPS) is 11.5. The lowest BCUT2D eigenvalue weighted by atomic mass is 10.1. The molecule has 2 heterocycles. The van der Waals surface area contributed by atoms with Crippen LogP contribution >= 0.6 is 0 Å². The summed E-state index contributed by atoms with van der Waals surface area (Å²) in [5.74, 6) is 0. The average molecular weight is 291 g/mol. The molecule has 0 spiro atoms. The predicted molar refractivity (Wildman–Crippen MR) is 87.2 cm³/mol. The van der Waals surface area contributed by atoms with Crippen LogP contribution in [-0.4, -0.2) is 14.1 Å². The number of aryl methyl sites for hydroxylation is 1. The Kier molecular flexibility index (Phi) is 2.48. The molecule has 0 aliphatic rings. The molecule has 0 radical (unpaired) electrons. The van der Waals surface area contributed by atoms with Crippen molar-refractivity contribution >= 4 is 32.7 Å². The number of aromatic nitrogens is 3. The summed E-state index contributed by atoms with van der Waals surface area (Å²) in [6.07, 6.45) is 0. The van der Waals surface area contributed by atoms with Gasteiger partial charge in [0.05, 0.1) is 10.9 Å². The van der Waals surface area contributed by atoms with E-state index in [4.69, 9.17) is 0 Å². The summed E-state index contributed by atoms with van der Waals surface area (Å²) in [6.45, 7) is 0. The van der Waals surface area contributed by atoms with Crippen LogP contribution in [0, 0.1) is 0 Å². The minimum atomic E-state index is -0.530. The molecule has 22 heavy (non-hydrogen) atoms. The van der Waals surface area contributed by atoms with E-state index in [1.165, 1.54) is 7.05 Å². The van der Waals surface area contributed by atoms with Crippen molar-refractivity contribution in [3.05, 3.63) is 63.3 Å². The molecule has 0 aliphatic carbocycles. The van der Waals surface area contributed by atoms with Gasteiger partial charge >= 0.3 is 5.69 Å². The zero-order valence-electron chi connectivity index (χ0n) is 12.2. The van der Waals surface area contributed by atoms with Gasteiger partial charge in [-0.15, -0.1) is 0 Å². The summed E-state index contributed by atoms with van der Waals surface area (Å²) in [4.78, 5) is 28.5. The number of nitrogens with zero attached hydrogens (tertiary/aromatic N) is 3. The summed E-state index contributed by atoms with van der Waals surface area (Å²) in [5.41, 5.74) is 0.472. The van der Waals surface area contributed by atoms with Crippen LogP contribution in [0.5, 0.6) is 0 Å². The second-order valence-corrected chi connectivity index (χ2v) is 5.39. The van der Waals surface area contributed by atoms with Gasteiger partial charge in [0.2, 0.25) is 0 Å². The van der Waals surface area contributed by atoms with Crippen LogP contribution in [0.4, 0.5) is 0 Å². The van der Waals surface area contributed by atoms with Crippen molar-refractivity contribution in [3.63, 3.8) is 0 Å².